The quantitative estimate of drug-likeness (QED) is 0.533. The molecule has 3 aromatic rings. The molecule has 0 amide bonds. The second-order valence-corrected chi connectivity index (χ2v) is 7.70. The monoisotopic (exact) mass is 360 g/mol. The predicted molar refractivity (Wildman–Crippen MR) is 94.3 cm³/mol. The fourth-order valence-electron chi connectivity index (χ4n) is 2.55. The van der Waals surface area contributed by atoms with Gasteiger partial charge in [-0.15, -0.1) is 0 Å². The molecule has 0 aliphatic carbocycles. The van der Waals surface area contributed by atoms with Crippen LogP contribution >= 0.6 is 0 Å². The first kappa shape index (κ1) is 16.9. The van der Waals surface area contributed by atoms with Gasteiger partial charge in [-0.3, -0.25) is 10.1 Å². The summed E-state index contributed by atoms with van der Waals surface area (Å²) >= 11 is 0. The van der Waals surface area contributed by atoms with Crippen LogP contribution in [0.1, 0.15) is 18.8 Å². The van der Waals surface area contributed by atoms with Crippen LogP contribution in [0.2, 0.25) is 0 Å². The van der Waals surface area contributed by atoms with Crippen molar-refractivity contribution < 1.29 is 13.3 Å². The number of benzene rings is 2. The van der Waals surface area contributed by atoms with Gasteiger partial charge in [0, 0.05) is 18.0 Å². The van der Waals surface area contributed by atoms with Gasteiger partial charge < -0.3 is 10.3 Å². The minimum atomic E-state index is -3.73. The van der Waals surface area contributed by atoms with E-state index in [-0.39, 0.29) is 10.9 Å². The number of H-pyrrole nitrogens is 1. The lowest BCUT2D eigenvalue weighted by molar-refractivity contribution is -0.387. The molecule has 1 atom stereocenters. The smallest absolute Gasteiger partial charge is 0.288 e. The predicted octanol–water partition coefficient (Wildman–Crippen LogP) is 3.05. The van der Waals surface area contributed by atoms with Gasteiger partial charge >= 0.3 is 0 Å². The number of nitro groups is 1. The summed E-state index contributed by atoms with van der Waals surface area (Å²) < 4.78 is 23.7. The minimum absolute atomic E-state index is 0.249. The molecule has 2 N–H and O–H groups in total. The molecule has 9 heteroatoms. The number of para-hydroxylation sites is 2. The summed E-state index contributed by atoms with van der Waals surface area (Å²) in [6.45, 7) is 1.86. The third kappa shape index (κ3) is 3.45. The van der Waals surface area contributed by atoms with Crippen LogP contribution in [0.3, 0.4) is 0 Å². The Morgan fingerprint density at radius 1 is 1.24 bits per heavy atom. The van der Waals surface area contributed by atoms with Crippen molar-refractivity contribution in [2.75, 3.05) is 11.6 Å². The fraction of sp³-hybridized carbons (Fsp3) is 0.188. The Hall–Kier alpha value is -2.94. The summed E-state index contributed by atoms with van der Waals surface area (Å²) in [6, 6.07) is 11.3. The highest BCUT2D eigenvalue weighted by Crippen LogP contribution is 2.29. The summed E-state index contributed by atoms with van der Waals surface area (Å²) in [5.74, 6) is 0.681. The Balaban J connectivity index is 1.93. The van der Waals surface area contributed by atoms with Crippen molar-refractivity contribution in [2.45, 2.75) is 17.9 Å². The van der Waals surface area contributed by atoms with Gasteiger partial charge in [0.1, 0.15) is 10.7 Å². The van der Waals surface area contributed by atoms with E-state index in [1.807, 2.05) is 31.2 Å². The van der Waals surface area contributed by atoms with E-state index in [9.17, 15) is 18.5 Å². The lowest BCUT2D eigenvalue weighted by Crippen LogP contribution is -2.10. The lowest BCUT2D eigenvalue weighted by Gasteiger charge is -2.13. The van der Waals surface area contributed by atoms with Crippen LogP contribution < -0.4 is 5.32 Å². The highest BCUT2D eigenvalue weighted by molar-refractivity contribution is 7.90. The van der Waals surface area contributed by atoms with Gasteiger partial charge in [0.05, 0.1) is 22.0 Å². The number of sulfone groups is 1. The van der Waals surface area contributed by atoms with E-state index in [1.54, 1.807) is 0 Å². The Bertz CT molecular complexity index is 1030. The Labute approximate surface area is 144 Å². The number of hydrogen-bond donors (Lipinski definition) is 2. The SMILES string of the molecule is CC(Nc1ccc([N+](=O)[O-])c(S(C)(=O)=O)c1)c1nc2ccccc2[nH]1. The number of rotatable bonds is 5. The van der Waals surface area contributed by atoms with Gasteiger partial charge in [-0.05, 0) is 31.2 Å². The first-order valence-corrected chi connectivity index (χ1v) is 9.34. The molecular weight excluding hydrogens is 344 g/mol. The topological polar surface area (TPSA) is 118 Å². The molecule has 1 aromatic heterocycles. The van der Waals surface area contributed by atoms with Crippen molar-refractivity contribution in [3.8, 4) is 0 Å². The molecule has 0 spiro atoms. The number of aromatic nitrogens is 2. The number of imidazole rings is 1. The average Bonchev–Trinajstić information content (AvgIpc) is 2.98. The van der Waals surface area contributed by atoms with Crippen molar-refractivity contribution in [3.05, 3.63) is 58.4 Å². The summed E-state index contributed by atoms with van der Waals surface area (Å²) in [6.07, 6.45) is 0.946. The second-order valence-electron chi connectivity index (χ2n) is 5.72. The first-order chi connectivity index (χ1) is 11.8. The van der Waals surface area contributed by atoms with Crippen LogP contribution in [0.5, 0.6) is 0 Å². The van der Waals surface area contributed by atoms with E-state index in [0.717, 1.165) is 17.3 Å². The standard InChI is InChI=1S/C16H16N4O4S/c1-10(16-18-12-5-3-4-6-13(12)19-16)17-11-7-8-14(20(21)22)15(9-11)25(2,23)24/h3-10,17H,1-2H3,(H,18,19). The van der Waals surface area contributed by atoms with Gasteiger partial charge in [0.15, 0.2) is 9.84 Å². The molecule has 0 fully saturated rings. The van der Waals surface area contributed by atoms with Crippen LogP contribution in [-0.2, 0) is 9.84 Å². The number of anilines is 1. The molecule has 1 unspecified atom stereocenters. The second kappa shape index (κ2) is 6.17. The summed E-state index contributed by atoms with van der Waals surface area (Å²) in [7, 11) is -3.73. The zero-order chi connectivity index (χ0) is 18.2. The van der Waals surface area contributed by atoms with Crippen molar-refractivity contribution in [1.29, 1.82) is 0 Å². The molecular formula is C16H16N4O4S. The number of aromatic amines is 1. The zero-order valence-corrected chi connectivity index (χ0v) is 14.4. The van der Waals surface area contributed by atoms with E-state index in [4.69, 9.17) is 0 Å². The molecule has 130 valence electrons. The van der Waals surface area contributed by atoms with E-state index < -0.39 is 20.4 Å². The normalized spacial score (nSPS) is 12.9. The molecule has 0 bridgehead atoms. The Kier molecular flexibility index (Phi) is 4.17. The van der Waals surface area contributed by atoms with E-state index in [1.165, 1.54) is 18.2 Å². The minimum Gasteiger partial charge on any atom is -0.375 e. The average molecular weight is 360 g/mol. The van der Waals surface area contributed by atoms with Crippen LogP contribution in [-0.4, -0.2) is 29.6 Å². The van der Waals surface area contributed by atoms with E-state index in [2.05, 4.69) is 15.3 Å². The third-order valence-electron chi connectivity index (χ3n) is 3.76. The molecule has 0 radical (unpaired) electrons. The van der Waals surface area contributed by atoms with Crippen molar-refractivity contribution >= 4 is 32.2 Å². The number of fused-ring (bicyclic) bond motifs is 1. The molecule has 0 aliphatic heterocycles. The summed E-state index contributed by atoms with van der Waals surface area (Å²) in [5, 5.41) is 14.1. The fourth-order valence-corrected chi connectivity index (χ4v) is 3.41. The van der Waals surface area contributed by atoms with Crippen LogP contribution in [0.15, 0.2) is 47.4 Å². The summed E-state index contributed by atoms with van der Waals surface area (Å²) in [5.41, 5.74) is 1.74. The molecule has 1 heterocycles. The number of nitrogens with zero attached hydrogens (tertiary/aromatic N) is 2. The maximum Gasteiger partial charge on any atom is 0.288 e. The molecule has 3 rings (SSSR count). The van der Waals surface area contributed by atoms with E-state index in [0.29, 0.717) is 11.5 Å². The number of hydrogen-bond acceptors (Lipinski definition) is 6. The largest absolute Gasteiger partial charge is 0.375 e. The van der Waals surface area contributed by atoms with Crippen LogP contribution in [0.4, 0.5) is 11.4 Å². The van der Waals surface area contributed by atoms with Gasteiger partial charge in [-0.1, -0.05) is 12.1 Å². The third-order valence-corrected chi connectivity index (χ3v) is 4.88. The number of nitro benzene ring substituents is 1. The Morgan fingerprint density at radius 2 is 1.96 bits per heavy atom. The number of nitrogens with one attached hydrogen (secondary N) is 2. The van der Waals surface area contributed by atoms with Crippen molar-refractivity contribution in [1.82, 2.24) is 9.97 Å². The van der Waals surface area contributed by atoms with Gasteiger partial charge in [-0.25, -0.2) is 13.4 Å². The summed E-state index contributed by atoms with van der Waals surface area (Å²) in [4.78, 5) is 17.7. The van der Waals surface area contributed by atoms with Gasteiger partial charge in [0.25, 0.3) is 5.69 Å². The molecule has 25 heavy (non-hydrogen) atoms. The molecule has 8 nitrogen and oxygen atoms in total. The maximum atomic E-state index is 11.8. The van der Waals surface area contributed by atoms with Gasteiger partial charge in [0.2, 0.25) is 0 Å². The maximum absolute atomic E-state index is 11.8. The van der Waals surface area contributed by atoms with Gasteiger partial charge in [-0.2, -0.15) is 0 Å². The zero-order valence-electron chi connectivity index (χ0n) is 13.6. The van der Waals surface area contributed by atoms with Crippen LogP contribution in [0.25, 0.3) is 11.0 Å². The first-order valence-electron chi connectivity index (χ1n) is 7.45. The van der Waals surface area contributed by atoms with Crippen LogP contribution in [0, 0.1) is 10.1 Å². The highest BCUT2D eigenvalue weighted by Gasteiger charge is 2.23. The molecule has 0 aliphatic rings. The molecule has 0 saturated heterocycles. The highest BCUT2D eigenvalue weighted by atomic mass is 32.2. The van der Waals surface area contributed by atoms with Crippen molar-refractivity contribution in [3.63, 3.8) is 0 Å². The lowest BCUT2D eigenvalue weighted by atomic mass is 10.2. The molecule has 2 aromatic carbocycles. The van der Waals surface area contributed by atoms with E-state index >= 15 is 0 Å². The Morgan fingerprint density at radius 3 is 2.60 bits per heavy atom. The molecule has 0 saturated carbocycles. The van der Waals surface area contributed by atoms with Crippen molar-refractivity contribution in [2.24, 2.45) is 0 Å².